The van der Waals surface area contributed by atoms with Gasteiger partial charge in [0.1, 0.15) is 0 Å². The van der Waals surface area contributed by atoms with E-state index in [1.165, 1.54) is 0 Å². The molecule has 4 rings (SSSR count). The van der Waals surface area contributed by atoms with Crippen LogP contribution < -0.4 is 0 Å². The van der Waals surface area contributed by atoms with Crippen LogP contribution in [-0.2, 0) is 38.8 Å². The average molecular weight is 394 g/mol. The van der Waals surface area contributed by atoms with Crippen molar-refractivity contribution in [2.24, 2.45) is 17.8 Å². The molecule has 0 radical (unpaired) electrons. The Bertz CT molecular complexity index is 883. The Morgan fingerprint density at radius 1 is 1.11 bits per heavy atom. The van der Waals surface area contributed by atoms with Gasteiger partial charge in [0.2, 0.25) is 0 Å². The van der Waals surface area contributed by atoms with Crippen LogP contribution in [-0.4, -0.2) is 37.1 Å². The number of carbonyl (C=O) groups excluding carboxylic acids is 4. The van der Waals surface area contributed by atoms with E-state index in [1.807, 2.05) is 0 Å². The molecule has 148 valence electrons. The summed E-state index contributed by atoms with van der Waals surface area (Å²) >= 11 is 0. The number of halogens is 2. The number of rotatable bonds is 4. The van der Waals surface area contributed by atoms with Crippen LogP contribution in [0.1, 0.15) is 30.4 Å². The number of fused-ring (bicyclic) bond motifs is 3. The lowest BCUT2D eigenvalue weighted by molar-refractivity contribution is -0.165. The lowest BCUT2D eigenvalue weighted by Gasteiger charge is -2.48. The van der Waals surface area contributed by atoms with Crippen molar-refractivity contribution in [1.29, 1.82) is 0 Å². The van der Waals surface area contributed by atoms with Crippen molar-refractivity contribution in [3.63, 3.8) is 0 Å². The van der Waals surface area contributed by atoms with Gasteiger partial charge in [-0.05, 0) is 11.1 Å². The molecular weight excluding hydrogens is 378 g/mol. The van der Waals surface area contributed by atoms with Crippen LogP contribution in [0.5, 0.6) is 0 Å². The Labute approximate surface area is 157 Å². The van der Waals surface area contributed by atoms with Crippen molar-refractivity contribution < 1.29 is 42.2 Å². The molecule has 3 aliphatic rings. The highest BCUT2D eigenvalue weighted by atomic mass is 19.3. The van der Waals surface area contributed by atoms with E-state index in [1.54, 1.807) is 31.2 Å². The lowest BCUT2D eigenvalue weighted by Crippen LogP contribution is -2.53. The predicted octanol–water partition coefficient (Wildman–Crippen LogP) is 1.69. The van der Waals surface area contributed by atoms with Crippen LogP contribution in [0.2, 0.25) is 0 Å². The van der Waals surface area contributed by atoms with E-state index >= 15 is 0 Å². The first-order valence-electron chi connectivity index (χ1n) is 8.74. The number of ether oxygens (including phenoxy) is 3. The monoisotopic (exact) mass is 394 g/mol. The molecule has 9 heteroatoms. The Hall–Kier alpha value is -2.68. The van der Waals surface area contributed by atoms with Gasteiger partial charge in [-0.1, -0.05) is 31.2 Å². The second kappa shape index (κ2) is 6.44. The SMILES string of the molecule is CC1(C2CC(=O)OC2=O)c2ccccc2C2C(=O)OC(=O)C2C1COC(F)F. The summed E-state index contributed by atoms with van der Waals surface area (Å²) < 4.78 is 39.6. The fourth-order valence-electron chi connectivity index (χ4n) is 4.89. The van der Waals surface area contributed by atoms with Crippen LogP contribution in [0.25, 0.3) is 0 Å². The van der Waals surface area contributed by atoms with Gasteiger partial charge in [-0.3, -0.25) is 19.2 Å². The van der Waals surface area contributed by atoms with Crippen molar-refractivity contribution in [1.82, 2.24) is 0 Å². The maximum absolute atomic E-state index is 12.8. The van der Waals surface area contributed by atoms with E-state index in [0.717, 1.165) is 0 Å². The molecule has 0 aromatic heterocycles. The zero-order valence-corrected chi connectivity index (χ0v) is 14.7. The minimum Gasteiger partial charge on any atom is -0.393 e. The first-order valence-corrected chi connectivity index (χ1v) is 8.74. The van der Waals surface area contributed by atoms with Gasteiger partial charge in [-0.2, -0.15) is 8.78 Å². The van der Waals surface area contributed by atoms with Crippen molar-refractivity contribution in [2.75, 3.05) is 6.61 Å². The summed E-state index contributed by atoms with van der Waals surface area (Å²) in [7, 11) is 0. The highest BCUT2D eigenvalue weighted by molar-refractivity contribution is 6.01. The Morgan fingerprint density at radius 3 is 2.46 bits per heavy atom. The molecule has 5 atom stereocenters. The first-order chi connectivity index (χ1) is 13.2. The van der Waals surface area contributed by atoms with Crippen LogP contribution in [0.4, 0.5) is 8.78 Å². The molecule has 2 heterocycles. The topological polar surface area (TPSA) is 96.0 Å². The third-order valence-corrected chi connectivity index (χ3v) is 6.16. The maximum Gasteiger partial charge on any atom is 0.345 e. The van der Waals surface area contributed by atoms with Crippen LogP contribution >= 0.6 is 0 Å². The van der Waals surface area contributed by atoms with Crippen LogP contribution in [0.3, 0.4) is 0 Å². The zero-order valence-electron chi connectivity index (χ0n) is 14.7. The number of alkyl halides is 2. The second-order valence-corrected chi connectivity index (χ2v) is 7.36. The molecule has 5 unspecified atom stereocenters. The smallest absolute Gasteiger partial charge is 0.345 e. The Morgan fingerprint density at radius 2 is 1.82 bits per heavy atom. The average Bonchev–Trinajstić information content (AvgIpc) is 3.13. The largest absolute Gasteiger partial charge is 0.393 e. The second-order valence-electron chi connectivity index (χ2n) is 7.36. The molecule has 0 amide bonds. The number of benzene rings is 1. The summed E-state index contributed by atoms with van der Waals surface area (Å²) in [6, 6.07) is 6.64. The molecule has 0 saturated carbocycles. The minimum absolute atomic E-state index is 0.255. The van der Waals surface area contributed by atoms with Gasteiger partial charge in [0.05, 0.1) is 30.8 Å². The highest BCUT2D eigenvalue weighted by Crippen LogP contribution is 2.57. The van der Waals surface area contributed by atoms with Gasteiger partial charge in [0.25, 0.3) is 0 Å². The number of hydrogen-bond donors (Lipinski definition) is 0. The third kappa shape index (κ3) is 2.56. The molecule has 2 saturated heterocycles. The van der Waals surface area contributed by atoms with Gasteiger partial charge in [0, 0.05) is 11.3 Å². The summed E-state index contributed by atoms with van der Waals surface area (Å²) in [5, 5.41) is 0. The lowest BCUT2D eigenvalue weighted by atomic mass is 9.52. The van der Waals surface area contributed by atoms with Crippen molar-refractivity contribution >= 4 is 23.9 Å². The summed E-state index contributed by atoms with van der Waals surface area (Å²) in [5.41, 5.74) is -0.256. The normalized spacial score (nSPS) is 34.3. The summed E-state index contributed by atoms with van der Waals surface area (Å²) in [6.07, 6.45) is -0.255. The van der Waals surface area contributed by atoms with Gasteiger partial charge >= 0.3 is 30.5 Å². The molecular formula is C19H16F2O7. The van der Waals surface area contributed by atoms with Gasteiger partial charge in [-0.15, -0.1) is 0 Å². The maximum atomic E-state index is 12.8. The van der Waals surface area contributed by atoms with Gasteiger partial charge < -0.3 is 14.2 Å². The number of esters is 4. The van der Waals surface area contributed by atoms with Crippen LogP contribution in [0.15, 0.2) is 24.3 Å². The van der Waals surface area contributed by atoms with Crippen molar-refractivity contribution in [3.05, 3.63) is 35.4 Å². The molecule has 0 N–H and O–H groups in total. The molecule has 28 heavy (non-hydrogen) atoms. The van der Waals surface area contributed by atoms with E-state index in [-0.39, 0.29) is 6.42 Å². The summed E-state index contributed by atoms with van der Waals surface area (Å²) in [4.78, 5) is 48.9. The first kappa shape index (κ1) is 18.7. The highest BCUT2D eigenvalue weighted by Gasteiger charge is 2.63. The van der Waals surface area contributed by atoms with E-state index < -0.39 is 66.2 Å². The van der Waals surface area contributed by atoms with Gasteiger partial charge in [0.15, 0.2) is 0 Å². The van der Waals surface area contributed by atoms with E-state index in [9.17, 15) is 28.0 Å². The van der Waals surface area contributed by atoms with Crippen LogP contribution in [0, 0.1) is 17.8 Å². The third-order valence-electron chi connectivity index (χ3n) is 6.16. The molecule has 0 bridgehead atoms. The van der Waals surface area contributed by atoms with Crippen molar-refractivity contribution in [3.8, 4) is 0 Å². The zero-order chi connectivity index (χ0) is 20.2. The van der Waals surface area contributed by atoms with E-state index in [0.29, 0.717) is 11.1 Å². The molecule has 1 aromatic rings. The standard InChI is InChI=1S/C19H16F2O7/c1-19(10-6-12(22)27-15(10)23)9-5-3-2-4-8(9)13-14(17(25)28-16(13)24)11(19)7-26-18(20)21/h2-5,10-11,13-14,18H,6-7H2,1H3. The molecule has 0 spiro atoms. The number of hydrogen-bond acceptors (Lipinski definition) is 7. The fourth-order valence-corrected chi connectivity index (χ4v) is 4.89. The summed E-state index contributed by atoms with van der Waals surface area (Å²) in [5.74, 6) is -7.21. The molecule has 1 aliphatic carbocycles. The molecule has 1 aromatic carbocycles. The molecule has 2 aliphatic heterocycles. The Kier molecular flexibility index (Phi) is 4.29. The summed E-state index contributed by atoms with van der Waals surface area (Å²) in [6.45, 7) is -2.09. The minimum atomic E-state index is -3.11. The molecule has 2 fully saturated rings. The predicted molar refractivity (Wildman–Crippen MR) is 85.8 cm³/mol. The quantitative estimate of drug-likeness (QED) is 0.566. The van der Waals surface area contributed by atoms with E-state index in [4.69, 9.17) is 9.47 Å². The fraction of sp³-hybridized carbons (Fsp3) is 0.474. The molecule has 7 nitrogen and oxygen atoms in total. The van der Waals surface area contributed by atoms with Gasteiger partial charge in [-0.25, -0.2) is 0 Å². The Balaban J connectivity index is 1.92. The van der Waals surface area contributed by atoms with Crippen molar-refractivity contribution in [2.45, 2.75) is 31.3 Å². The number of carbonyl (C=O) groups is 4. The number of cyclic esters (lactones) is 4. The van der Waals surface area contributed by atoms with E-state index in [2.05, 4.69) is 4.74 Å².